The number of rotatable bonds is 5. The predicted octanol–water partition coefficient (Wildman–Crippen LogP) is 3.44. The van der Waals surface area contributed by atoms with E-state index in [4.69, 9.17) is 15.2 Å². The van der Waals surface area contributed by atoms with E-state index in [0.29, 0.717) is 18.0 Å². The van der Waals surface area contributed by atoms with Gasteiger partial charge in [0, 0.05) is 0 Å². The number of hydrogen-bond donors (Lipinski definition) is 1. The molecule has 0 saturated carbocycles. The molecule has 0 atom stereocenters. The SMILES string of the molecule is Cc1cc(C)c(OCOCc2ccccc2)c(N)c1. The summed E-state index contributed by atoms with van der Waals surface area (Å²) >= 11 is 0. The smallest absolute Gasteiger partial charge is 0.189 e. The number of hydrogen-bond acceptors (Lipinski definition) is 3. The Kier molecular flexibility index (Phi) is 4.42. The van der Waals surface area contributed by atoms with Crippen LogP contribution in [0, 0.1) is 13.8 Å². The molecule has 100 valence electrons. The molecular weight excluding hydrogens is 238 g/mol. The molecule has 0 aliphatic rings. The van der Waals surface area contributed by atoms with E-state index < -0.39 is 0 Å². The van der Waals surface area contributed by atoms with Crippen molar-refractivity contribution in [3.05, 3.63) is 59.2 Å². The Labute approximate surface area is 114 Å². The van der Waals surface area contributed by atoms with E-state index in [2.05, 4.69) is 0 Å². The fourth-order valence-electron chi connectivity index (χ4n) is 2.02. The molecule has 3 heteroatoms. The molecule has 0 amide bonds. The van der Waals surface area contributed by atoms with Crippen molar-refractivity contribution >= 4 is 5.69 Å². The second-order valence-electron chi connectivity index (χ2n) is 4.60. The predicted molar refractivity (Wildman–Crippen MR) is 77.1 cm³/mol. The van der Waals surface area contributed by atoms with E-state index in [9.17, 15) is 0 Å². The maximum absolute atomic E-state index is 5.94. The van der Waals surface area contributed by atoms with Crippen LogP contribution in [-0.2, 0) is 11.3 Å². The number of aryl methyl sites for hydroxylation is 2. The van der Waals surface area contributed by atoms with E-state index in [1.807, 2.05) is 56.3 Å². The van der Waals surface area contributed by atoms with Gasteiger partial charge < -0.3 is 15.2 Å². The molecular formula is C16H19NO2. The minimum Gasteiger partial charge on any atom is -0.465 e. The molecule has 0 aliphatic heterocycles. The van der Waals surface area contributed by atoms with Crippen LogP contribution in [0.2, 0.25) is 0 Å². The quantitative estimate of drug-likeness (QED) is 0.507. The van der Waals surface area contributed by atoms with E-state index in [1.54, 1.807) is 0 Å². The fraction of sp³-hybridized carbons (Fsp3) is 0.250. The van der Waals surface area contributed by atoms with Gasteiger partial charge in [0.15, 0.2) is 6.79 Å². The first kappa shape index (κ1) is 13.4. The highest BCUT2D eigenvalue weighted by molar-refractivity contribution is 5.58. The number of benzene rings is 2. The maximum Gasteiger partial charge on any atom is 0.189 e. The molecule has 0 fully saturated rings. The topological polar surface area (TPSA) is 44.5 Å². The highest BCUT2D eigenvalue weighted by Crippen LogP contribution is 2.27. The molecule has 2 aromatic rings. The Bertz CT molecular complexity index is 515. The van der Waals surface area contributed by atoms with Crippen LogP contribution < -0.4 is 10.5 Å². The molecule has 0 unspecified atom stereocenters. The first-order valence-electron chi connectivity index (χ1n) is 6.28. The van der Waals surface area contributed by atoms with Crippen LogP contribution in [0.15, 0.2) is 42.5 Å². The van der Waals surface area contributed by atoms with Gasteiger partial charge in [0.05, 0.1) is 12.3 Å². The lowest BCUT2D eigenvalue weighted by Crippen LogP contribution is -2.06. The summed E-state index contributed by atoms with van der Waals surface area (Å²) in [5, 5.41) is 0. The zero-order valence-electron chi connectivity index (χ0n) is 11.3. The molecule has 3 nitrogen and oxygen atoms in total. The monoisotopic (exact) mass is 257 g/mol. The van der Waals surface area contributed by atoms with Crippen LogP contribution in [0.4, 0.5) is 5.69 Å². The Balaban J connectivity index is 1.86. The van der Waals surface area contributed by atoms with Gasteiger partial charge in [-0.3, -0.25) is 0 Å². The summed E-state index contributed by atoms with van der Waals surface area (Å²) in [6, 6.07) is 13.9. The second kappa shape index (κ2) is 6.25. The Morgan fingerprint density at radius 3 is 2.47 bits per heavy atom. The number of anilines is 1. The maximum atomic E-state index is 5.94. The van der Waals surface area contributed by atoms with Gasteiger partial charge in [-0.25, -0.2) is 0 Å². The molecule has 2 N–H and O–H groups in total. The van der Waals surface area contributed by atoms with Gasteiger partial charge in [-0.1, -0.05) is 36.4 Å². The Morgan fingerprint density at radius 2 is 1.79 bits per heavy atom. The lowest BCUT2D eigenvalue weighted by atomic mass is 10.1. The summed E-state index contributed by atoms with van der Waals surface area (Å²) in [5.74, 6) is 0.707. The lowest BCUT2D eigenvalue weighted by molar-refractivity contribution is 0.00509. The highest BCUT2D eigenvalue weighted by atomic mass is 16.7. The van der Waals surface area contributed by atoms with E-state index in [0.717, 1.165) is 16.7 Å². The van der Waals surface area contributed by atoms with Crippen LogP contribution in [0.1, 0.15) is 16.7 Å². The van der Waals surface area contributed by atoms with Crippen molar-refractivity contribution in [1.29, 1.82) is 0 Å². The summed E-state index contributed by atoms with van der Waals surface area (Å²) in [6.45, 7) is 4.73. The van der Waals surface area contributed by atoms with Gasteiger partial charge >= 0.3 is 0 Å². The molecule has 0 aliphatic carbocycles. The number of nitrogen functional groups attached to an aromatic ring is 1. The van der Waals surface area contributed by atoms with Crippen LogP contribution >= 0.6 is 0 Å². The molecule has 0 heterocycles. The third kappa shape index (κ3) is 3.73. The summed E-state index contributed by atoms with van der Waals surface area (Å²) in [4.78, 5) is 0. The van der Waals surface area contributed by atoms with Crippen LogP contribution in [0.25, 0.3) is 0 Å². The third-order valence-corrected chi connectivity index (χ3v) is 2.85. The molecule has 2 rings (SSSR count). The van der Waals surface area contributed by atoms with Crippen molar-refractivity contribution in [3.63, 3.8) is 0 Å². The van der Waals surface area contributed by atoms with Crippen LogP contribution in [0.5, 0.6) is 5.75 Å². The Hall–Kier alpha value is -2.00. The van der Waals surface area contributed by atoms with Gasteiger partial charge in [-0.2, -0.15) is 0 Å². The molecule has 2 aromatic carbocycles. The summed E-state index contributed by atoms with van der Waals surface area (Å²) in [6.07, 6.45) is 0. The van der Waals surface area contributed by atoms with Crippen molar-refractivity contribution in [2.45, 2.75) is 20.5 Å². The van der Waals surface area contributed by atoms with E-state index in [1.165, 1.54) is 0 Å². The van der Waals surface area contributed by atoms with Gasteiger partial charge in [-0.05, 0) is 36.6 Å². The first-order chi connectivity index (χ1) is 9.16. The number of nitrogens with two attached hydrogens (primary N) is 1. The fourth-order valence-corrected chi connectivity index (χ4v) is 2.02. The summed E-state index contributed by atoms with van der Waals surface area (Å²) < 4.78 is 11.1. The van der Waals surface area contributed by atoms with Gasteiger partial charge in [0.2, 0.25) is 0 Å². The normalized spacial score (nSPS) is 10.4. The molecule has 0 radical (unpaired) electrons. The summed E-state index contributed by atoms with van der Waals surface area (Å²) in [7, 11) is 0. The van der Waals surface area contributed by atoms with E-state index in [-0.39, 0.29) is 6.79 Å². The average Bonchev–Trinajstić information content (AvgIpc) is 2.38. The third-order valence-electron chi connectivity index (χ3n) is 2.85. The lowest BCUT2D eigenvalue weighted by Gasteiger charge is -2.13. The van der Waals surface area contributed by atoms with Gasteiger partial charge in [-0.15, -0.1) is 0 Å². The largest absolute Gasteiger partial charge is 0.465 e. The zero-order valence-corrected chi connectivity index (χ0v) is 11.3. The summed E-state index contributed by atoms with van der Waals surface area (Å²) in [5.41, 5.74) is 9.87. The van der Waals surface area contributed by atoms with Gasteiger partial charge in [0.1, 0.15) is 5.75 Å². The highest BCUT2D eigenvalue weighted by Gasteiger charge is 2.05. The standard InChI is InChI=1S/C16H19NO2/c1-12-8-13(2)16(15(17)9-12)19-11-18-10-14-6-4-3-5-7-14/h3-9H,10-11,17H2,1-2H3. The molecule has 0 bridgehead atoms. The molecule has 0 saturated heterocycles. The minimum atomic E-state index is 0.197. The molecule has 19 heavy (non-hydrogen) atoms. The van der Waals surface area contributed by atoms with Crippen LogP contribution in [-0.4, -0.2) is 6.79 Å². The van der Waals surface area contributed by atoms with Crippen molar-refractivity contribution in [2.75, 3.05) is 12.5 Å². The molecule has 0 spiro atoms. The van der Waals surface area contributed by atoms with Crippen molar-refractivity contribution in [3.8, 4) is 5.75 Å². The van der Waals surface area contributed by atoms with Crippen molar-refractivity contribution < 1.29 is 9.47 Å². The average molecular weight is 257 g/mol. The molecule has 0 aromatic heterocycles. The van der Waals surface area contributed by atoms with E-state index >= 15 is 0 Å². The minimum absolute atomic E-state index is 0.197. The second-order valence-corrected chi connectivity index (χ2v) is 4.60. The van der Waals surface area contributed by atoms with Crippen LogP contribution in [0.3, 0.4) is 0 Å². The van der Waals surface area contributed by atoms with Gasteiger partial charge in [0.25, 0.3) is 0 Å². The van der Waals surface area contributed by atoms with Crippen molar-refractivity contribution in [1.82, 2.24) is 0 Å². The Morgan fingerprint density at radius 1 is 1.05 bits per heavy atom. The van der Waals surface area contributed by atoms with Crippen molar-refractivity contribution in [2.24, 2.45) is 0 Å². The number of ether oxygens (including phenoxy) is 2. The zero-order chi connectivity index (χ0) is 13.7. The first-order valence-corrected chi connectivity index (χ1v) is 6.28.